The van der Waals surface area contributed by atoms with Crippen LogP contribution in [0.25, 0.3) is 0 Å². The summed E-state index contributed by atoms with van der Waals surface area (Å²) in [6.07, 6.45) is 6.90. The number of amides is 1. The zero-order valence-corrected chi connectivity index (χ0v) is 13.0. The topological polar surface area (TPSA) is 50.2 Å². The van der Waals surface area contributed by atoms with Gasteiger partial charge >= 0.3 is 0 Å². The number of anilines is 1. The number of carbonyl (C=O) groups excluding carboxylic acids is 1. The van der Waals surface area contributed by atoms with Gasteiger partial charge in [0.05, 0.1) is 23.5 Å². The van der Waals surface area contributed by atoms with Crippen LogP contribution < -0.4 is 5.32 Å². The summed E-state index contributed by atoms with van der Waals surface area (Å²) in [5, 5.41) is 7.32. The molecular formula is C15H26N4O. The van der Waals surface area contributed by atoms with Gasteiger partial charge in [-0.3, -0.25) is 14.4 Å². The third kappa shape index (κ3) is 3.39. The first-order valence-electron chi connectivity index (χ1n) is 7.52. The number of aromatic nitrogens is 2. The maximum Gasteiger partial charge on any atom is 0.241 e. The minimum atomic E-state index is -0.0662. The van der Waals surface area contributed by atoms with Crippen LogP contribution in [0.3, 0.4) is 0 Å². The molecule has 0 aliphatic carbocycles. The van der Waals surface area contributed by atoms with Gasteiger partial charge in [-0.1, -0.05) is 13.3 Å². The Balaban J connectivity index is 2.02. The number of carbonyl (C=O) groups is 1. The highest BCUT2D eigenvalue weighted by molar-refractivity contribution is 5.94. The van der Waals surface area contributed by atoms with Gasteiger partial charge in [-0.25, -0.2) is 0 Å². The zero-order valence-electron chi connectivity index (χ0n) is 13.0. The first-order valence-corrected chi connectivity index (χ1v) is 7.52. The molecule has 1 aromatic rings. The number of nitrogens with zero attached hydrogens (tertiary/aromatic N) is 3. The number of hydrogen-bond donors (Lipinski definition) is 1. The molecular weight excluding hydrogens is 252 g/mol. The zero-order chi connectivity index (χ0) is 14.8. The van der Waals surface area contributed by atoms with Gasteiger partial charge in [0.1, 0.15) is 0 Å². The molecule has 1 aromatic heterocycles. The van der Waals surface area contributed by atoms with E-state index in [4.69, 9.17) is 0 Å². The minimum absolute atomic E-state index is 0.00624. The standard InChI is InChI=1S/C15H26N4O/c1-5-18-9-7-6-8-13(18)14(20)17-12-10-16-19(11-12)15(2,3)4/h10-11,13H,5-9H2,1-4H3,(H,17,20). The van der Waals surface area contributed by atoms with E-state index in [1.165, 1.54) is 6.42 Å². The van der Waals surface area contributed by atoms with E-state index in [9.17, 15) is 4.79 Å². The molecule has 1 N–H and O–H groups in total. The second-order valence-electron chi connectivity index (χ2n) is 6.47. The number of hydrogen-bond acceptors (Lipinski definition) is 3. The van der Waals surface area contributed by atoms with Crippen molar-refractivity contribution in [3.8, 4) is 0 Å². The molecule has 1 saturated heterocycles. The van der Waals surface area contributed by atoms with Crippen molar-refractivity contribution in [2.75, 3.05) is 18.4 Å². The van der Waals surface area contributed by atoms with E-state index in [1.54, 1.807) is 6.20 Å². The Morgan fingerprint density at radius 3 is 2.80 bits per heavy atom. The lowest BCUT2D eigenvalue weighted by Crippen LogP contribution is -2.46. The number of rotatable bonds is 3. The second-order valence-corrected chi connectivity index (χ2v) is 6.47. The summed E-state index contributed by atoms with van der Waals surface area (Å²) in [5.74, 6) is 0.0972. The van der Waals surface area contributed by atoms with Crippen LogP contribution in [0, 0.1) is 0 Å². The molecule has 1 atom stereocenters. The van der Waals surface area contributed by atoms with Crippen molar-refractivity contribution in [3.05, 3.63) is 12.4 Å². The normalized spacial score (nSPS) is 20.9. The fourth-order valence-corrected chi connectivity index (χ4v) is 2.65. The summed E-state index contributed by atoms with van der Waals surface area (Å²) in [6, 6.07) is 0.00624. The average Bonchev–Trinajstić information content (AvgIpc) is 2.87. The van der Waals surface area contributed by atoms with Crippen LogP contribution in [-0.4, -0.2) is 39.7 Å². The summed E-state index contributed by atoms with van der Waals surface area (Å²) in [5.41, 5.74) is 0.718. The number of likely N-dealkylation sites (N-methyl/N-ethyl adjacent to an activating group) is 1. The summed E-state index contributed by atoms with van der Waals surface area (Å²) >= 11 is 0. The van der Waals surface area contributed by atoms with Gasteiger partial charge in [-0.2, -0.15) is 5.10 Å². The van der Waals surface area contributed by atoms with E-state index < -0.39 is 0 Å². The van der Waals surface area contributed by atoms with Crippen LogP contribution in [-0.2, 0) is 10.3 Å². The summed E-state index contributed by atoms with van der Waals surface area (Å²) in [6.45, 7) is 10.3. The Bertz CT molecular complexity index is 461. The van der Waals surface area contributed by atoms with Crippen molar-refractivity contribution >= 4 is 11.6 Å². The predicted octanol–water partition coefficient (Wildman–Crippen LogP) is 2.45. The molecule has 2 heterocycles. The highest BCUT2D eigenvalue weighted by atomic mass is 16.2. The van der Waals surface area contributed by atoms with Gasteiger partial charge in [-0.15, -0.1) is 0 Å². The highest BCUT2D eigenvalue weighted by Crippen LogP contribution is 2.20. The molecule has 1 aliphatic rings. The molecule has 0 bridgehead atoms. The largest absolute Gasteiger partial charge is 0.322 e. The quantitative estimate of drug-likeness (QED) is 0.924. The van der Waals surface area contributed by atoms with E-state index in [1.807, 2.05) is 10.9 Å². The van der Waals surface area contributed by atoms with Crippen LogP contribution in [0.5, 0.6) is 0 Å². The Hall–Kier alpha value is -1.36. The predicted molar refractivity (Wildman–Crippen MR) is 80.7 cm³/mol. The molecule has 1 aliphatic heterocycles. The molecule has 5 nitrogen and oxygen atoms in total. The second kappa shape index (κ2) is 5.95. The van der Waals surface area contributed by atoms with Crippen LogP contribution >= 0.6 is 0 Å². The highest BCUT2D eigenvalue weighted by Gasteiger charge is 2.27. The molecule has 0 aromatic carbocycles. The van der Waals surface area contributed by atoms with Crippen molar-refractivity contribution in [1.29, 1.82) is 0 Å². The Kier molecular flexibility index (Phi) is 4.48. The van der Waals surface area contributed by atoms with E-state index in [2.05, 4.69) is 43.0 Å². The smallest absolute Gasteiger partial charge is 0.241 e. The lowest BCUT2D eigenvalue weighted by atomic mass is 10.0. The van der Waals surface area contributed by atoms with Crippen molar-refractivity contribution in [3.63, 3.8) is 0 Å². The van der Waals surface area contributed by atoms with Crippen molar-refractivity contribution in [2.45, 2.75) is 58.5 Å². The van der Waals surface area contributed by atoms with Crippen molar-refractivity contribution < 1.29 is 4.79 Å². The Morgan fingerprint density at radius 2 is 2.20 bits per heavy atom. The molecule has 0 spiro atoms. The lowest BCUT2D eigenvalue weighted by molar-refractivity contribution is -0.122. The molecule has 0 saturated carbocycles. The maximum absolute atomic E-state index is 12.4. The van der Waals surface area contributed by atoms with Gasteiger partial charge in [0, 0.05) is 6.20 Å². The minimum Gasteiger partial charge on any atom is -0.322 e. The molecule has 1 fully saturated rings. The van der Waals surface area contributed by atoms with E-state index in [-0.39, 0.29) is 17.5 Å². The average molecular weight is 278 g/mol. The molecule has 2 rings (SSSR count). The van der Waals surface area contributed by atoms with Gasteiger partial charge in [-0.05, 0) is 46.7 Å². The fraction of sp³-hybridized carbons (Fsp3) is 0.733. The first kappa shape index (κ1) is 15.0. The first-order chi connectivity index (χ1) is 9.41. The van der Waals surface area contributed by atoms with Crippen LogP contribution in [0.2, 0.25) is 0 Å². The summed E-state index contributed by atoms with van der Waals surface area (Å²) in [7, 11) is 0. The maximum atomic E-state index is 12.4. The number of nitrogens with one attached hydrogen (secondary N) is 1. The Labute approximate surface area is 121 Å². The monoisotopic (exact) mass is 278 g/mol. The molecule has 20 heavy (non-hydrogen) atoms. The van der Waals surface area contributed by atoms with Gasteiger partial charge in [0.25, 0.3) is 0 Å². The van der Waals surface area contributed by atoms with E-state index in [0.717, 1.165) is 31.6 Å². The van der Waals surface area contributed by atoms with Crippen LogP contribution in [0.15, 0.2) is 12.4 Å². The van der Waals surface area contributed by atoms with Crippen LogP contribution in [0.4, 0.5) is 5.69 Å². The molecule has 1 amide bonds. The third-order valence-corrected chi connectivity index (χ3v) is 3.86. The Morgan fingerprint density at radius 1 is 1.45 bits per heavy atom. The fourth-order valence-electron chi connectivity index (χ4n) is 2.65. The number of piperidine rings is 1. The van der Waals surface area contributed by atoms with Crippen molar-refractivity contribution in [1.82, 2.24) is 14.7 Å². The summed E-state index contributed by atoms with van der Waals surface area (Å²) in [4.78, 5) is 14.7. The van der Waals surface area contributed by atoms with Crippen LogP contribution in [0.1, 0.15) is 47.0 Å². The van der Waals surface area contributed by atoms with Gasteiger partial charge in [0.15, 0.2) is 0 Å². The van der Waals surface area contributed by atoms with Gasteiger partial charge in [0.2, 0.25) is 5.91 Å². The van der Waals surface area contributed by atoms with E-state index >= 15 is 0 Å². The molecule has 112 valence electrons. The molecule has 5 heteroatoms. The molecule has 0 radical (unpaired) electrons. The van der Waals surface area contributed by atoms with E-state index in [0.29, 0.717) is 0 Å². The lowest BCUT2D eigenvalue weighted by Gasteiger charge is -2.33. The number of likely N-dealkylation sites (tertiary alicyclic amines) is 1. The van der Waals surface area contributed by atoms with Gasteiger partial charge < -0.3 is 5.32 Å². The third-order valence-electron chi connectivity index (χ3n) is 3.86. The van der Waals surface area contributed by atoms with Crippen molar-refractivity contribution in [2.24, 2.45) is 0 Å². The SMILES string of the molecule is CCN1CCCCC1C(=O)Nc1cnn(C(C)(C)C)c1. The molecule has 1 unspecified atom stereocenters. The summed E-state index contributed by atoms with van der Waals surface area (Å²) < 4.78 is 1.88.